The van der Waals surface area contributed by atoms with E-state index in [1.165, 1.54) is 12.1 Å². The Morgan fingerprint density at radius 2 is 2.00 bits per heavy atom. The van der Waals surface area contributed by atoms with E-state index in [9.17, 15) is 14.9 Å². The standard InChI is InChI=1S/C15H13NO4/c1-2-10-4-3-5-11(8-10)13-7-6-12(15(17)18)9-14(13)16(19)20/h3-9H,2H2,1H3,(H,17,18). The number of nitrogens with zero attached hydrogens (tertiary/aromatic N) is 1. The highest BCUT2D eigenvalue weighted by Crippen LogP contribution is 2.31. The monoisotopic (exact) mass is 271 g/mol. The molecule has 0 radical (unpaired) electrons. The topological polar surface area (TPSA) is 80.4 Å². The van der Waals surface area contributed by atoms with E-state index in [2.05, 4.69) is 0 Å². The van der Waals surface area contributed by atoms with Gasteiger partial charge in [-0.2, -0.15) is 0 Å². The van der Waals surface area contributed by atoms with Crippen molar-refractivity contribution in [2.24, 2.45) is 0 Å². The third-order valence-electron chi connectivity index (χ3n) is 3.09. The molecule has 0 amide bonds. The van der Waals surface area contributed by atoms with Crippen LogP contribution < -0.4 is 0 Å². The molecule has 2 aromatic rings. The fourth-order valence-corrected chi connectivity index (χ4v) is 2.02. The molecule has 0 unspecified atom stereocenters. The molecule has 1 N–H and O–H groups in total. The molecule has 2 rings (SSSR count). The van der Waals surface area contributed by atoms with Crippen LogP contribution in [0.1, 0.15) is 22.8 Å². The average Bonchev–Trinajstić information content (AvgIpc) is 2.46. The van der Waals surface area contributed by atoms with Crippen molar-refractivity contribution in [2.75, 3.05) is 0 Å². The first kappa shape index (κ1) is 13.7. The molecule has 0 heterocycles. The fourth-order valence-electron chi connectivity index (χ4n) is 2.02. The number of carboxylic acid groups (broad SMARTS) is 1. The van der Waals surface area contributed by atoms with E-state index in [-0.39, 0.29) is 11.3 Å². The summed E-state index contributed by atoms with van der Waals surface area (Å²) in [5.41, 5.74) is 1.92. The second kappa shape index (κ2) is 5.52. The lowest BCUT2D eigenvalue weighted by atomic mass is 9.99. The summed E-state index contributed by atoms with van der Waals surface area (Å²) in [4.78, 5) is 21.5. The van der Waals surface area contributed by atoms with Crippen LogP contribution in [0.3, 0.4) is 0 Å². The number of nitro benzene ring substituents is 1. The Bertz CT molecular complexity index is 679. The SMILES string of the molecule is CCc1cccc(-c2ccc(C(=O)O)cc2[N+](=O)[O-])c1. The van der Waals surface area contributed by atoms with Gasteiger partial charge in [0.25, 0.3) is 5.69 Å². The van der Waals surface area contributed by atoms with E-state index >= 15 is 0 Å². The molecule has 0 atom stereocenters. The van der Waals surface area contributed by atoms with E-state index in [0.29, 0.717) is 11.1 Å². The summed E-state index contributed by atoms with van der Waals surface area (Å²) in [7, 11) is 0. The lowest BCUT2D eigenvalue weighted by molar-refractivity contribution is -0.384. The highest BCUT2D eigenvalue weighted by atomic mass is 16.6. The van der Waals surface area contributed by atoms with Crippen LogP contribution >= 0.6 is 0 Å². The largest absolute Gasteiger partial charge is 0.478 e. The van der Waals surface area contributed by atoms with Gasteiger partial charge in [-0.25, -0.2) is 4.79 Å². The summed E-state index contributed by atoms with van der Waals surface area (Å²) in [6.45, 7) is 2.00. The molecule has 0 saturated heterocycles. The summed E-state index contributed by atoms with van der Waals surface area (Å²) in [5, 5.41) is 20.0. The normalized spacial score (nSPS) is 10.2. The predicted molar refractivity (Wildman–Crippen MR) is 74.9 cm³/mol. The fraction of sp³-hybridized carbons (Fsp3) is 0.133. The Balaban J connectivity index is 2.60. The number of hydrogen-bond donors (Lipinski definition) is 1. The molecule has 0 aliphatic carbocycles. The number of rotatable bonds is 4. The molecule has 20 heavy (non-hydrogen) atoms. The third-order valence-corrected chi connectivity index (χ3v) is 3.09. The number of aromatic carboxylic acids is 1. The molecule has 0 aromatic heterocycles. The molecule has 0 aliphatic rings. The minimum absolute atomic E-state index is 0.0907. The van der Waals surface area contributed by atoms with Gasteiger partial charge in [0.05, 0.1) is 16.1 Å². The van der Waals surface area contributed by atoms with Crippen molar-refractivity contribution in [3.05, 3.63) is 63.7 Å². The van der Waals surface area contributed by atoms with Gasteiger partial charge < -0.3 is 5.11 Å². The van der Waals surface area contributed by atoms with Gasteiger partial charge >= 0.3 is 5.97 Å². The molecule has 5 heteroatoms. The van der Waals surface area contributed by atoms with Crippen LogP contribution in [0.2, 0.25) is 0 Å². The highest BCUT2D eigenvalue weighted by molar-refractivity contribution is 5.90. The highest BCUT2D eigenvalue weighted by Gasteiger charge is 2.18. The molecular formula is C15H13NO4. The molecule has 0 aliphatic heterocycles. The van der Waals surface area contributed by atoms with Gasteiger partial charge in [0, 0.05) is 6.07 Å². The number of hydrogen-bond acceptors (Lipinski definition) is 3. The summed E-state index contributed by atoms with van der Waals surface area (Å²) < 4.78 is 0. The molecule has 0 spiro atoms. The summed E-state index contributed by atoms with van der Waals surface area (Å²) >= 11 is 0. The Morgan fingerprint density at radius 3 is 2.60 bits per heavy atom. The van der Waals surface area contributed by atoms with Crippen LogP contribution in [-0.4, -0.2) is 16.0 Å². The molecule has 0 bridgehead atoms. The van der Waals surface area contributed by atoms with E-state index in [1.807, 2.05) is 25.1 Å². The number of nitro groups is 1. The summed E-state index contributed by atoms with van der Waals surface area (Å²) in [5.74, 6) is -1.18. The van der Waals surface area contributed by atoms with Gasteiger partial charge in [0.1, 0.15) is 0 Å². The van der Waals surface area contributed by atoms with Crippen molar-refractivity contribution < 1.29 is 14.8 Å². The molecule has 2 aromatic carbocycles. The maximum absolute atomic E-state index is 11.1. The van der Waals surface area contributed by atoms with Crippen molar-refractivity contribution in [2.45, 2.75) is 13.3 Å². The molecular weight excluding hydrogens is 258 g/mol. The Morgan fingerprint density at radius 1 is 1.25 bits per heavy atom. The molecule has 102 valence electrons. The summed E-state index contributed by atoms with van der Waals surface area (Å²) in [6.07, 6.45) is 0.828. The maximum atomic E-state index is 11.1. The van der Waals surface area contributed by atoms with E-state index in [0.717, 1.165) is 18.1 Å². The summed E-state index contributed by atoms with van der Waals surface area (Å²) in [6, 6.07) is 11.4. The zero-order valence-corrected chi connectivity index (χ0v) is 10.9. The van der Waals surface area contributed by atoms with Crippen LogP contribution in [0.15, 0.2) is 42.5 Å². The zero-order valence-electron chi connectivity index (χ0n) is 10.9. The van der Waals surface area contributed by atoms with Crippen molar-refractivity contribution in [3.8, 4) is 11.1 Å². The molecule has 0 saturated carbocycles. The van der Waals surface area contributed by atoms with E-state index in [1.54, 1.807) is 6.07 Å². The molecule has 5 nitrogen and oxygen atoms in total. The lowest BCUT2D eigenvalue weighted by Crippen LogP contribution is -1.99. The maximum Gasteiger partial charge on any atom is 0.335 e. The minimum Gasteiger partial charge on any atom is -0.478 e. The van der Waals surface area contributed by atoms with Crippen LogP contribution in [0.4, 0.5) is 5.69 Å². The number of benzene rings is 2. The van der Waals surface area contributed by atoms with Crippen molar-refractivity contribution >= 4 is 11.7 Å². The third kappa shape index (κ3) is 2.66. The van der Waals surface area contributed by atoms with E-state index in [4.69, 9.17) is 5.11 Å². The number of carbonyl (C=O) groups is 1. The van der Waals surface area contributed by atoms with Gasteiger partial charge in [-0.1, -0.05) is 31.2 Å². The zero-order chi connectivity index (χ0) is 14.7. The van der Waals surface area contributed by atoms with Crippen LogP contribution in [0.5, 0.6) is 0 Å². The number of carboxylic acids is 1. The van der Waals surface area contributed by atoms with Crippen molar-refractivity contribution in [1.82, 2.24) is 0 Å². The van der Waals surface area contributed by atoms with Gasteiger partial charge in [-0.05, 0) is 29.7 Å². The first-order valence-electron chi connectivity index (χ1n) is 6.14. The minimum atomic E-state index is -1.18. The quantitative estimate of drug-likeness (QED) is 0.681. The lowest BCUT2D eigenvalue weighted by Gasteiger charge is -2.06. The Hall–Kier alpha value is -2.69. The van der Waals surface area contributed by atoms with Crippen molar-refractivity contribution in [1.29, 1.82) is 0 Å². The van der Waals surface area contributed by atoms with Gasteiger partial charge in [-0.3, -0.25) is 10.1 Å². The van der Waals surface area contributed by atoms with E-state index < -0.39 is 10.9 Å². The van der Waals surface area contributed by atoms with Crippen molar-refractivity contribution in [3.63, 3.8) is 0 Å². The smallest absolute Gasteiger partial charge is 0.335 e. The van der Waals surface area contributed by atoms with Crippen LogP contribution in [0.25, 0.3) is 11.1 Å². The van der Waals surface area contributed by atoms with Gasteiger partial charge in [0.15, 0.2) is 0 Å². The Kier molecular flexibility index (Phi) is 3.79. The van der Waals surface area contributed by atoms with Gasteiger partial charge in [-0.15, -0.1) is 0 Å². The average molecular weight is 271 g/mol. The molecule has 0 fully saturated rings. The predicted octanol–water partition coefficient (Wildman–Crippen LogP) is 3.52. The second-order valence-electron chi connectivity index (χ2n) is 4.35. The van der Waals surface area contributed by atoms with Crippen LogP contribution in [-0.2, 0) is 6.42 Å². The first-order chi connectivity index (χ1) is 9.52. The van der Waals surface area contributed by atoms with Crippen LogP contribution in [0, 0.1) is 10.1 Å². The number of aryl methyl sites for hydroxylation is 1. The second-order valence-corrected chi connectivity index (χ2v) is 4.35. The first-order valence-corrected chi connectivity index (χ1v) is 6.14. The Labute approximate surface area is 115 Å². The van der Waals surface area contributed by atoms with Gasteiger partial charge in [0.2, 0.25) is 0 Å².